The Morgan fingerprint density at radius 3 is 2.76 bits per heavy atom. The van der Waals surface area contributed by atoms with E-state index in [0.717, 1.165) is 45.2 Å². The highest BCUT2D eigenvalue weighted by Crippen LogP contribution is 2.43. The number of rotatable bonds is 3. The van der Waals surface area contributed by atoms with Gasteiger partial charge < -0.3 is 10.0 Å². The van der Waals surface area contributed by atoms with E-state index in [1.807, 2.05) is 4.90 Å². The van der Waals surface area contributed by atoms with Crippen LogP contribution in [-0.2, 0) is 10.2 Å². The van der Waals surface area contributed by atoms with Crippen LogP contribution in [0.15, 0.2) is 24.3 Å². The summed E-state index contributed by atoms with van der Waals surface area (Å²) in [6.07, 6.45) is 5.14. The zero-order chi connectivity index (χ0) is 14.9. The first kappa shape index (κ1) is 14.6. The summed E-state index contributed by atoms with van der Waals surface area (Å²) in [6.45, 7) is 3.82. The summed E-state index contributed by atoms with van der Waals surface area (Å²) in [5.74, 6) is 0.562. The number of aliphatic hydroxyl groups is 1. The molecule has 1 N–H and O–H groups in total. The van der Waals surface area contributed by atoms with E-state index in [9.17, 15) is 9.90 Å². The van der Waals surface area contributed by atoms with Gasteiger partial charge in [-0.2, -0.15) is 0 Å². The lowest BCUT2D eigenvalue weighted by atomic mass is 9.77. The molecule has 21 heavy (non-hydrogen) atoms. The lowest BCUT2D eigenvalue weighted by molar-refractivity contribution is -0.136. The molecule has 1 aliphatic carbocycles. The lowest BCUT2D eigenvalue weighted by Gasteiger charge is -2.33. The summed E-state index contributed by atoms with van der Waals surface area (Å²) in [5, 5.41) is 9.31. The first-order valence-electron chi connectivity index (χ1n) is 8.13. The molecular formula is C18H25NO2. The Bertz CT molecular complexity index is 520. The Balaban J connectivity index is 1.89. The van der Waals surface area contributed by atoms with E-state index < -0.39 is 0 Å². The van der Waals surface area contributed by atoms with E-state index in [0.29, 0.717) is 5.91 Å². The van der Waals surface area contributed by atoms with E-state index in [-0.39, 0.29) is 17.9 Å². The van der Waals surface area contributed by atoms with Crippen molar-refractivity contribution in [1.82, 2.24) is 4.90 Å². The maximum Gasteiger partial charge on any atom is 0.233 e. The molecule has 1 saturated carbocycles. The Morgan fingerprint density at radius 2 is 2.14 bits per heavy atom. The predicted octanol–water partition coefficient (Wildman–Crippen LogP) is 2.65. The quantitative estimate of drug-likeness (QED) is 0.928. The molecule has 2 fully saturated rings. The van der Waals surface area contributed by atoms with Gasteiger partial charge in [-0.1, -0.05) is 42.7 Å². The molecule has 1 unspecified atom stereocenters. The molecule has 1 saturated heterocycles. The summed E-state index contributed by atoms with van der Waals surface area (Å²) in [5.41, 5.74) is 2.11. The van der Waals surface area contributed by atoms with E-state index in [2.05, 4.69) is 31.2 Å². The van der Waals surface area contributed by atoms with Crippen LogP contribution in [0.5, 0.6) is 0 Å². The number of carbonyl (C=O) groups is 1. The highest BCUT2D eigenvalue weighted by molar-refractivity contribution is 5.89. The average molecular weight is 287 g/mol. The Labute approximate surface area is 127 Å². The fourth-order valence-electron chi connectivity index (χ4n) is 4.02. The molecule has 1 aliphatic heterocycles. The van der Waals surface area contributed by atoms with Crippen LogP contribution in [-0.4, -0.2) is 35.6 Å². The van der Waals surface area contributed by atoms with Gasteiger partial charge in [0, 0.05) is 25.6 Å². The van der Waals surface area contributed by atoms with Crippen LogP contribution in [0.1, 0.15) is 43.2 Å². The molecule has 3 nitrogen and oxygen atoms in total. The number of hydrogen-bond donors (Lipinski definition) is 1. The van der Waals surface area contributed by atoms with Crippen LogP contribution < -0.4 is 0 Å². The predicted molar refractivity (Wildman–Crippen MR) is 83.1 cm³/mol. The number of likely N-dealkylation sites (tertiary alicyclic amines) is 1. The molecule has 0 aromatic heterocycles. The maximum atomic E-state index is 13.2. The number of nitrogens with zero attached hydrogens (tertiary/aromatic N) is 1. The Morgan fingerprint density at radius 1 is 1.38 bits per heavy atom. The van der Waals surface area contributed by atoms with Crippen molar-refractivity contribution in [2.24, 2.45) is 5.92 Å². The Kier molecular flexibility index (Phi) is 4.03. The van der Waals surface area contributed by atoms with Crippen molar-refractivity contribution in [2.75, 3.05) is 19.7 Å². The molecule has 1 atom stereocenters. The van der Waals surface area contributed by atoms with Crippen LogP contribution in [0.4, 0.5) is 0 Å². The molecule has 3 rings (SSSR count). The van der Waals surface area contributed by atoms with Crippen LogP contribution in [0.3, 0.4) is 0 Å². The van der Waals surface area contributed by atoms with Gasteiger partial charge in [0.05, 0.1) is 5.41 Å². The van der Waals surface area contributed by atoms with Gasteiger partial charge in [-0.15, -0.1) is 0 Å². The number of aliphatic hydroxyl groups excluding tert-OH is 1. The monoisotopic (exact) mass is 287 g/mol. The lowest BCUT2D eigenvalue weighted by Crippen LogP contribution is -2.44. The molecule has 1 aromatic rings. The Hall–Kier alpha value is -1.35. The zero-order valence-corrected chi connectivity index (χ0v) is 12.8. The highest BCUT2D eigenvalue weighted by atomic mass is 16.3. The topological polar surface area (TPSA) is 40.5 Å². The summed E-state index contributed by atoms with van der Waals surface area (Å²) < 4.78 is 0. The van der Waals surface area contributed by atoms with Crippen molar-refractivity contribution < 1.29 is 9.90 Å². The molecule has 0 radical (unpaired) electrons. The molecule has 114 valence electrons. The third-order valence-electron chi connectivity index (χ3n) is 5.27. The van der Waals surface area contributed by atoms with E-state index in [1.165, 1.54) is 11.1 Å². The minimum absolute atomic E-state index is 0.196. The first-order valence-corrected chi connectivity index (χ1v) is 8.13. The second-order valence-corrected chi connectivity index (χ2v) is 6.75. The van der Waals surface area contributed by atoms with Crippen molar-refractivity contribution in [3.05, 3.63) is 35.4 Å². The van der Waals surface area contributed by atoms with Crippen molar-refractivity contribution >= 4 is 5.91 Å². The van der Waals surface area contributed by atoms with Gasteiger partial charge in [-0.05, 0) is 31.7 Å². The van der Waals surface area contributed by atoms with Crippen LogP contribution in [0.25, 0.3) is 0 Å². The first-order chi connectivity index (χ1) is 10.2. The van der Waals surface area contributed by atoms with Crippen LogP contribution in [0.2, 0.25) is 0 Å². The number of benzene rings is 1. The number of aryl methyl sites for hydroxylation is 1. The summed E-state index contributed by atoms with van der Waals surface area (Å²) in [4.78, 5) is 15.2. The number of carbonyl (C=O) groups excluding carboxylic acids is 1. The number of amides is 1. The smallest absolute Gasteiger partial charge is 0.233 e. The van der Waals surface area contributed by atoms with E-state index in [4.69, 9.17) is 0 Å². The van der Waals surface area contributed by atoms with Crippen LogP contribution in [0, 0.1) is 12.8 Å². The van der Waals surface area contributed by atoms with Crippen molar-refractivity contribution in [2.45, 2.75) is 44.4 Å². The van der Waals surface area contributed by atoms with E-state index >= 15 is 0 Å². The van der Waals surface area contributed by atoms with Crippen molar-refractivity contribution in [3.8, 4) is 0 Å². The summed E-state index contributed by atoms with van der Waals surface area (Å²) in [6, 6.07) is 8.46. The number of hydrogen-bond acceptors (Lipinski definition) is 2. The molecule has 1 amide bonds. The van der Waals surface area contributed by atoms with Crippen molar-refractivity contribution in [1.29, 1.82) is 0 Å². The summed E-state index contributed by atoms with van der Waals surface area (Å²) in [7, 11) is 0. The maximum absolute atomic E-state index is 13.2. The highest BCUT2D eigenvalue weighted by Gasteiger charge is 2.46. The third kappa shape index (κ3) is 2.59. The van der Waals surface area contributed by atoms with Gasteiger partial charge in [0.2, 0.25) is 5.91 Å². The third-order valence-corrected chi connectivity index (χ3v) is 5.27. The molecule has 1 aromatic carbocycles. The molecule has 3 heteroatoms. The molecule has 0 bridgehead atoms. The molecule has 2 aliphatic rings. The molecule has 1 heterocycles. The average Bonchev–Trinajstić information content (AvgIpc) is 3.16. The zero-order valence-electron chi connectivity index (χ0n) is 12.8. The largest absolute Gasteiger partial charge is 0.396 e. The van der Waals surface area contributed by atoms with Gasteiger partial charge in [0.25, 0.3) is 0 Å². The van der Waals surface area contributed by atoms with Crippen molar-refractivity contribution in [3.63, 3.8) is 0 Å². The standard InChI is InChI=1S/C18H25NO2/c1-14-5-4-6-16(11-14)18(8-2-3-9-18)17(21)19-10-7-15(12-19)13-20/h4-6,11,15,20H,2-3,7-10,12-13H2,1H3. The molecular weight excluding hydrogens is 262 g/mol. The minimum atomic E-state index is -0.309. The minimum Gasteiger partial charge on any atom is -0.396 e. The van der Waals surface area contributed by atoms with Gasteiger partial charge in [-0.3, -0.25) is 4.79 Å². The normalized spacial score (nSPS) is 24.5. The second kappa shape index (κ2) is 5.80. The van der Waals surface area contributed by atoms with Gasteiger partial charge in [0.1, 0.15) is 0 Å². The fraction of sp³-hybridized carbons (Fsp3) is 0.611. The van der Waals surface area contributed by atoms with Gasteiger partial charge in [0.15, 0.2) is 0 Å². The van der Waals surface area contributed by atoms with E-state index in [1.54, 1.807) is 0 Å². The van der Waals surface area contributed by atoms with Crippen LogP contribution >= 0.6 is 0 Å². The molecule has 0 spiro atoms. The summed E-state index contributed by atoms with van der Waals surface area (Å²) >= 11 is 0. The van der Waals surface area contributed by atoms with Gasteiger partial charge >= 0.3 is 0 Å². The second-order valence-electron chi connectivity index (χ2n) is 6.75. The SMILES string of the molecule is Cc1cccc(C2(C(=O)N3CCC(CO)C3)CCCC2)c1. The van der Waals surface area contributed by atoms with Gasteiger partial charge in [-0.25, -0.2) is 0 Å². The fourth-order valence-corrected chi connectivity index (χ4v) is 4.02.